The van der Waals surface area contributed by atoms with Gasteiger partial charge in [0.05, 0.1) is 0 Å². The van der Waals surface area contributed by atoms with Crippen molar-refractivity contribution in [3.8, 4) is 0 Å². The van der Waals surface area contributed by atoms with Gasteiger partial charge >= 0.3 is 5.97 Å². The first-order chi connectivity index (χ1) is 6.97. The van der Waals surface area contributed by atoms with E-state index in [9.17, 15) is 4.79 Å². The van der Waals surface area contributed by atoms with Crippen molar-refractivity contribution in [2.24, 2.45) is 0 Å². The van der Waals surface area contributed by atoms with Crippen LogP contribution in [0.25, 0.3) is 0 Å². The molecule has 1 aromatic heterocycles. The molecule has 0 aliphatic carbocycles. The first kappa shape index (κ1) is 11.7. The molecule has 1 rings (SSSR count). The summed E-state index contributed by atoms with van der Waals surface area (Å²) >= 11 is 5.81. The van der Waals surface area contributed by atoms with E-state index in [1.807, 2.05) is 13.8 Å². The second-order valence-electron chi connectivity index (χ2n) is 3.30. The average Bonchev–Trinajstić information content (AvgIpc) is 2.17. The largest absolute Gasteiger partial charge is 0.476 e. The van der Waals surface area contributed by atoms with Gasteiger partial charge in [-0.05, 0) is 0 Å². The summed E-state index contributed by atoms with van der Waals surface area (Å²) in [6.45, 7) is 3.77. The fourth-order valence-electron chi connectivity index (χ4n) is 1.03. The third kappa shape index (κ3) is 2.36. The van der Waals surface area contributed by atoms with Gasteiger partial charge in [0.1, 0.15) is 16.7 Å². The quantitative estimate of drug-likeness (QED) is 0.829. The molecule has 0 saturated carbocycles. The topological polar surface area (TPSA) is 75.1 Å². The van der Waals surface area contributed by atoms with Crippen molar-refractivity contribution in [2.75, 3.05) is 12.4 Å². The zero-order valence-electron chi connectivity index (χ0n) is 8.71. The average molecular weight is 230 g/mol. The SMILES string of the molecule is CNc1nc(C(C)C)nc(C(=O)O)c1Cl. The first-order valence-corrected chi connectivity index (χ1v) is 4.83. The highest BCUT2D eigenvalue weighted by Crippen LogP contribution is 2.24. The van der Waals surface area contributed by atoms with E-state index < -0.39 is 5.97 Å². The fraction of sp³-hybridized carbons (Fsp3) is 0.444. The minimum atomic E-state index is -1.15. The second-order valence-corrected chi connectivity index (χ2v) is 3.68. The van der Waals surface area contributed by atoms with E-state index in [-0.39, 0.29) is 16.6 Å². The van der Waals surface area contributed by atoms with Crippen LogP contribution in [0.15, 0.2) is 0 Å². The van der Waals surface area contributed by atoms with Crippen molar-refractivity contribution in [2.45, 2.75) is 19.8 Å². The maximum atomic E-state index is 10.9. The molecule has 15 heavy (non-hydrogen) atoms. The Hall–Kier alpha value is -1.36. The first-order valence-electron chi connectivity index (χ1n) is 4.45. The van der Waals surface area contributed by atoms with Gasteiger partial charge in [0.25, 0.3) is 0 Å². The Kier molecular flexibility index (Phi) is 3.47. The molecule has 2 N–H and O–H groups in total. The standard InChI is InChI=1S/C9H12ClN3O2/c1-4(2)7-12-6(9(14)15)5(10)8(11-3)13-7/h4H,1-3H3,(H,14,15)(H,11,12,13). The van der Waals surface area contributed by atoms with Crippen LogP contribution in [0, 0.1) is 0 Å². The third-order valence-electron chi connectivity index (χ3n) is 1.82. The Morgan fingerprint density at radius 2 is 2.07 bits per heavy atom. The van der Waals surface area contributed by atoms with Gasteiger partial charge in [-0.3, -0.25) is 0 Å². The van der Waals surface area contributed by atoms with Crippen LogP contribution < -0.4 is 5.32 Å². The van der Waals surface area contributed by atoms with Crippen molar-refractivity contribution < 1.29 is 9.90 Å². The predicted molar refractivity (Wildman–Crippen MR) is 57.6 cm³/mol. The van der Waals surface area contributed by atoms with Gasteiger partial charge in [-0.25, -0.2) is 14.8 Å². The maximum absolute atomic E-state index is 10.9. The van der Waals surface area contributed by atoms with Gasteiger partial charge in [0.15, 0.2) is 5.69 Å². The number of halogens is 1. The lowest BCUT2D eigenvalue weighted by Crippen LogP contribution is -2.10. The Labute approximate surface area is 92.5 Å². The second kappa shape index (κ2) is 4.44. The number of carbonyl (C=O) groups is 1. The van der Waals surface area contributed by atoms with Gasteiger partial charge in [-0.15, -0.1) is 0 Å². The van der Waals surface area contributed by atoms with Gasteiger partial charge in [0, 0.05) is 13.0 Å². The van der Waals surface area contributed by atoms with Crippen molar-refractivity contribution in [1.29, 1.82) is 0 Å². The Morgan fingerprint density at radius 3 is 2.47 bits per heavy atom. The van der Waals surface area contributed by atoms with Crippen molar-refractivity contribution >= 4 is 23.4 Å². The van der Waals surface area contributed by atoms with Crippen molar-refractivity contribution in [3.63, 3.8) is 0 Å². The molecule has 0 atom stereocenters. The summed E-state index contributed by atoms with van der Waals surface area (Å²) in [6.07, 6.45) is 0. The smallest absolute Gasteiger partial charge is 0.356 e. The molecule has 0 spiro atoms. The monoisotopic (exact) mass is 229 g/mol. The molecule has 0 aliphatic heterocycles. The number of hydrogen-bond acceptors (Lipinski definition) is 4. The van der Waals surface area contributed by atoms with Gasteiger partial charge in [0.2, 0.25) is 0 Å². The normalized spacial score (nSPS) is 10.5. The number of nitrogens with one attached hydrogen (secondary N) is 1. The highest BCUT2D eigenvalue weighted by atomic mass is 35.5. The zero-order valence-corrected chi connectivity index (χ0v) is 9.46. The summed E-state index contributed by atoms with van der Waals surface area (Å²) in [5, 5.41) is 11.7. The number of carboxylic acid groups (broad SMARTS) is 1. The van der Waals surface area contributed by atoms with E-state index in [0.29, 0.717) is 11.6 Å². The predicted octanol–water partition coefficient (Wildman–Crippen LogP) is 1.99. The number of carboxylic acids is 1. The van der Waals surface area contributed by atoms with Crippen molar-refractivity contribution in [1.82, 2.24) is 9.97 Å². The lowest BCUT2D eigenvalue weighted by atomic mass is 10.2. The van der Waals surface area contributed by atoms with Crippen molar-refractivity contribution in [3.05, 3.63) is 16.5 Å². The van der Waals surface area contributed by atoms with E-state index in [1.165, 1.54) is 0 Å². The minimum absolute atomic E-state index is 0.0365. The van der Waals surface area contributed by atoms with Gasteiger partial charge in [-0.1, -0.05) is 25.4 Å². The lowest BCUT2D eigenvalue weighted by Gasteiger charge is -2.09. The molecule has 0 amide bonds. The Morgan fingerprint density at radius 1 is 1.47 bits per heavy atom. The summed E-state index contributed by atoms with van der Waals surface area (Å²) in [4.78, 5) is 18.9. The zero-order chi connectivity index (χ0) is 11.6. The summed E-state index contributed by atoms with van der Waals surface area (Å²) in [5.74, 6) is -0.304. The van der Waals surface area contributed by atoms with E-state index in [0.717, 1.165) is 0 Å². The number of hydrogen-bond donors (Lipinski definition) is 2. The summed E-state index contributed by atoms with van der Waals surface area (Å²) in [5.41, 5.74) is -0.167. The molecule has 1 aromatic rings. The lowest BCUT2D eigenvalue weighted by molar-refractivity contribution is 0.0690. The molecule has 5 nitrogen and oxygen atoms in total. The van der Waals surface area contributed by atoms with E-state index in [1.54, 1.807) is 7.05 Å². The van der Waals surface area contributed by atoms with Crippen LogP contribution in [-0.4, -0.2) is 28.1 Å². The van der Waals surface area contributed by atoms with Crippen LogP contribution in [0.5, 0.6) is 0 Å². The van der Waals surface area contributed by atoms with Gasteiger partial charge < -0.3 is 10.4 Å². The van der Waals surface area contributed by atoms with Crippen LogP contribution in [0.4, 0.5) is 5.82 Å². The molecule has 1 heterocycles. The molecule has 0 aromatic carbocycles. The maximum Gasteiger partial charge on any atom is 0.356 e. The Balaban J connectivity index is 3.38. The number of aromatic nitrogens is 2. The third-order valence-corrected chi connectivity index (χ3v) is 2.18. The summed E-state index contributed by atoms with van der Waals surface area (Å²) in [6, 6.07) is 0. The summed E-state index contributed by atoms with van der Waals surface area (Å²) in [7, 11) is 1.63. The summed E-state index contributed by atoms with van der Waals surface area (Å²) < 4.78 is 0. The number of nitrogens with zero attached hydrogens (tertiary/aromatic N) is 2. The van der Waals surface area contributed by atoms with Crippen LogP contribution in [0.3, 0.4) is 0 Å². The molecule has 0 aliphatic rings. The molecule has 0 bridgehead atoms. The highest BCUT2D eigenvalue weighted by molar-refractivity contribution is 6.35. The molecule has 0 saturated heterocycles. The van der Waals surface area contributed by atoms with E-state index in [2.05, 4.69) is 15.3 Å². The number of rotatable bonds is 3. The molecule has 82 valence electrons. The molecular formula is C9H12ClN3O2. The molecule has 6 heteroatoms. The Bertz CT molecular complexity index is 393. The molecular weight excluding hydrogens is 218 g/mol. The highest BCUT2D eigenvalue weighted by Gasteiger charge is 2.18. The van der Waals surface area contributed by atoms with Crippen LogP contribution >= 0.6 is 11.6 Å². The van der Waals surface area contributed by atoms with Gasteiger partial charge in [-0.2, -0.15) is 0 Å². The minimum Gasteiger partial charge on any atom is -0.476 e. The molecule has 0 fully saturated rings. The van der Waals surface area contributed by atoms with Crippen LogP contribution in [-0.2, 0) is 0 Å². The van der Waals surface area contributed by atoms with Crippen LogP contribution in [0.1, 0.15) is 36.1 Å². The number of anilines is 1. The molecule has 0 radical (unpaired) electrons. The molecule has 0 unspecified atom stereocenters. The van der Waals surface area contributed by atoms with E-state index >= 15 is 0 Å². The van der Waals surface area contributed by atoms with E-state index in [4.69, 9.17) is 16.7 Å². The fourth-order valence-corrected chi connectivity index (χ4v) is 1.29. The number of aromatic carboxylic acids is 1. The van der Waals surface area contributed by atoms with Crippen LogP contribution in [0.2, 0.25) is 5.02 Å².